The summed E-state index contributed by atoms with van der Waals surface area (Å²) in [5.74, 6) is 0.418. The van der Waals surface area contributed by atoms with E-state index in [0.29, 0.717) is 16.6 Å². The summed E-state index contributed by atoms with van der Waals surface area (Å²) < 4.78 is 13.4. The molecular formula is C12H15ClFN. The van der Waals surface area contributed by atoms with E-state index in [0.717, 1.165) is 6.54 Å². The fraction of sp³-hybridized carbons (Fsp3) is 0.500. The highest BCUT2D eigenvalue weighted by molar-refractivity contribution is 6.33. The molecule has 3 heteroatoms. The Balaban J connectivity index is 1.97. The highest BCUT2D eigenvalue weighted by Gasteiger charge is 2.15. The maximum Gasteiger partial charge on any atom is 0.147 e. The molecule has 15 heavy (non-hydrogen) atoms. The van der Waals surface area contributed by atoms with Crippen molar-refractivity contribution in [3.05, 3.63) is 29.0 Å². The van der Waals surface area contributed by atoms with Crippen molar-refractivity contribution in [1.82, 2.24) is 0 Å². The molecule has 0 spiro atoms. The summed E-state index contributed by atoms with van der Waals surface area (Å²) in [7, 11) is 0. The van der Waals surface area contributed by atoms with Crippen molar-refractivity contribution in [3.63, 3.8) is 0 Å². The number of anilines is 1. The quantitative estimate of drug-likeness (QED) is 0.821. The van der Waals surface area contributed by atoms with Crippen LogP contribution in [0.5, 0.6) is 0 Å². The second-order valence-corrected chi connectivity index (χ2v) is 4.54. The predicted molar refractivity (Wildman–Crippen MR) is 61.9 cm³/mol. The summed E-state index contributed by atoms with van der Waals surface area (Å²) >= 11 is 5.91. The van der Waals surface area contributed by atoms with Crippen molar-refractivity contribution in [2.24, 2.45) is 5.92 Å². The highest BCUT2D eigenvalue weighted by Crippen LogP contribution is 2.28. The lowest BCUT2D eigenvalue weighted by atomic mass is 10.1. The first-order valence-electron chi connectivity index (χ1n) is 5.45. The van der Waals surface area contributed by atoms with Gasteiger partial charge in [0, 0.05) is 6.54 Å². The highest BCUT2D eigenvalue weighted by atomic mass is 35.5. The van der Waals surface area contributed by atoms with Gasteiger partial charge in [-0.25, -0.2) is 4.39 Å². The molecule has 82 valence electrons. The second-order valence-electron chi connectivity index (χ2n) is 4.13. The van der Waals surface area contributed by atoms with E-state index in [-0.39, 0.29) is 5.82 Å². The molecule has 0 atom stereocenters. The Bertz CT molecular complexity index is 314. The van der Waals surface area contributed by atoms with Gasteiger partial charge >= 0.3 is 0 Å². The first-order chi connectivity index (χ1) is 7.27. The SMILES string of the molecule is Fc1cccc(Cl)c1NCC1CCCC1. The number of benzene rings is 1. The van der Waals surface area contributed by atoms with Crippen molar-refractivity contribution in [2.75, 3.05) is 11.9 Å². The third-order valence-electron chi connectivity index (χ3n) is 3.01. The van der Waals surface area contributed by atoms with Gasteiger partial charge in [-0.2, -0.15) is 0 Å². The number of halogens is 2. The Morgan fingerprint density at radius 1 is 1.33 bits per heavy atom. The van der Waals surface area contributed by atoms with Crippen LogP contribution in [0.2, 0.25) is 5.02 Å². The third-order valence-corrected chi connectivity index (χ3v) is 3.32. The van der Waals surface area contributed by atoms with Gasteiger partial charge < -0.3 is 5.32 Å². The lowest BCUT2D eigenvalue weighted by Crippen LogP contribution is -2.12. The minimum Gasteiger partial charge on any atom is -0.381 e. The lowest BCUT2D eigenvalue weighted by molar-refractivity contribution is 0.574. The summed E-state index contributed by atoms with van der Waals surface area (Å²) in [4.78, 5) is 0. The zero-order valence-electron chi connectivity index (χ0n) is 8.60. The predicted octanol–water partition coefficient (Wildman–Crippen LogP) is 4.08. The summed E-state index contributed by atoms with van der Waals surface area (Å²) in [6, 6.07) is 4.77. The van der Waals surface area contributed by atoms with Gasteiger partial charge in [0.15, 0.2) is 0 Å². The minimum absolute atomic E-state index is 0.263. The van der Waals surface area contributed by atoms with Crippen LogP contribution in [-0.4, -0.2) is 6.54 Å². The Morgan fingerprint density at radius 2 is 2.07 bits per heavy atom. The molecule has 1 aromatic carbocycles. The molecule has 1 aromatic rings. The van der Waals surface area contributed by atoms with Gasteiger partial charge in [-0.05, 0) is 30.9 Å². The second kappa shape index (κ2) is 4.84. The maximum absolute atomic E-state index is 13.4. The van der Waals surface area contributed by atoms with Crippen LogP contribution in [0, 0.1) is 11.7 Å². The molecule has 0 aromatic heterocycles. The first kappa shape index (κ1) is 10.7. The molecule has 0 heterocycles. The molecule has 1 fully saturated rings. The summed E-state index contributed by atoms with van der Waals surface area (Å²) in [6.45, 7) is 0.834. The largest absolute Gasteiger partial charge is 0.381 e. The first-order valence-corrected chi connectivity index (χ1v) is 5.83. The molecule has 2 rings (SSSR count). The molecule has 1 nitrogen and oxygen atoms in total. The molecule has 0 radical (unpaired) electrons. The summed E-state index contributed by atoms with van der Waals surface area (Å²) in [5.41, 5.74) is 0.450. The van der Waals surface area contributed by atoms with Gasteiger partial charge in [-0.15, -0.1) is 0 Å². The zero-order chi connectivity index (χ0) is 10.7. The number of hydrogen-bond acceptors (Lipinski definition) is 1. The number of para-hydroxylation sites is 1. The van der Waals surface area contributed by atoms with E-state index < -0.39 is 0 Å². The average molecular weight is 228 g/mol. The van der Waals surface area contributed by atoms with Gasteiger partial charge in [-0.3, -0.25) is 0 Å². The third kappa shape index (κ3) is 2.63. The van der Waals surface area contributed by atoms with Gasteiger partial charge in [0.25, 0.3) is 0 Å². The van der Waals surface area contributed by atoms with E-state index in [1.54, 1.807) is 12.1 Å². The topological polar surface area (TPSA) is 12.0 Å². The van der Waals surface area contributed by atoms with Crippen LogP contribution in [0.3, 0.4) is 0 Å². The van der Waals surface area contributed by atoms with E-state index in [4.69, 9.17) is 11.6 Å². The minimum atomic E-state index is -0.263. The maximum atomic E-state index is 13.4. The Labute approximate surface area is 94.6 Å². The van der Waals surface area contributed by atoms with E-state index in [9.17, 15) is 4.39 Å². The molecule has 0 aliphatic heterocycles. The van der Waals surface area contributed by atoms with Crippen LogP contribution in [-0.2, 0) is 0 Å². The number of rotatable bonds is 3. The molecule has 0 bridgehead atoms. The standard InChI is InChI=1S/C12H15ClFN/c13-10-6-3-7-11(14)12(10)15-8-9-4-1-2-5-9/h3,6-7,9,15H,1-2,4-5,8H2. The van der Waals surface area contributed by atoms with Crippen LogP contribution in [0.1, 0.15) is 25.7 Å². The van der Waals surface area contributed by atoms with E-state index in [2.05, 4.69) is 5.32 Å². The molecule has 0 saturated heterocycles. The summed E-state index contributed by atoms with van der Waals surface area (Å²) in [5, 5.41) is 3.58. The Morgan fingerprint density at radius 3 is 2.73 bits per heavy atom. The summed E-state index contributed by atoms with van der Waals surface area (Å²) in [6.07, 6.45) is 5.10. The normalized spacial score (nSPS) is 16.9. The van der Waals surface area contributed by atoms with Gasteiger partial charge in [-0.1, -0.05) is 30.5 Å². The molecule has 1 aliphatic rings. The van der Waals surface area contributed by atoms with Crippen molar-refractivity contribution >= 4 is 17.3 Å². The Hall–Kier alpha value is -0.760. The molecular weight excluding hydrogens is 213 g/mol. The number of hydrogen-bond donors (Lipinski definition) is 1. The van der Waals surface area contributed by atoms with E-state index >= 15 is 0 Å². The monoisotopic (exact) mass is 227 g/mol. The van der Waals surface area contributed by atoms with Crippen LogP contribution in [0.15, 0.2) is 18.2 Å². The van der Waals surface area contributed by atoms with Gasteiger partial charge in [0.05, 0.1) is 10.7 Å². The Kier molecular flexibility index (Phi) is 3.47. The van der Waals surface area contributed by atoms with Crippen molar-refractivity contribution in [3.8, 4) is 0 Å². The van der Waals surface area contributed by atoms with Gasteiger partial charge in [0.2, 0.25) is 0 Å². The fourth-order valence-corrected chi connectivity index (χ4v) is 2.36. The van der Waals surface area contributed by atoms with Crippen LogP contribution in [0.4, 0.5) is 10.1 Å². The smallest absolute Gasteiger partial charge is 0.147 e. The van der Waals surface area contributed by atoms with Crippen LogP contribution >= 0.6 is 11.6 Å². The number of nitrogens with one attached hydrogen (secondary N) is 1. The lowest BCUT2D eigenvalue weighted by Gasteiger charge is -2.13. The van der Waals surface area contributed by atoms with Crippen molar-refractivity contribution in [1.29, 1.82) is 0 Å². The molecule has 0 amide bonds. The van der Waals surface area contributed by atoms with Crippen LogP contribution < -0.4 is 5.32 Å². The zero-order valence-corrected chi connectivity index (χ0v) is 9.36. The molecule has 1 N–H and O–H groups in total. The van der Waals surface area contributed by atoms with Crippen molar-refractivity contribution in [2.45, 2.75) is 25.7 Å². The van der Waals surface area contributed by atoms with E-state index in [1.807, 2.05) is 0 Å². The van der Waals surface area contributed by atoms with Crippen molar-refractivity contribution < 1.29 is 4.39 Å². The fourth-order valence-electron chi connectivity index (χ4n) is 2.13. The van der Waals surface area contributed by atoms with Gasteiger partial charge in [0.1, 0.15) is 5.82 Å². The van der Waals surface area contributed by atoms with Crippen LogP contribution in [0.25, 0.3) is 0 Å². The van der Waals surface area contributed by atoms with E-state index in [1.165, 1.54) is 31.7 Å². The average Bonchev–Trinajstić information content (AvgIpc) is 2.70. The molecule has 0 unspecified atom stereocenters. The molecule has 1 saturated carbocycles. The molecule has 1 aliphatic carbocycles.